The molecule has 1 heterocycles. The first-order valence-corrected chi connectivity index (χ1v) is 12.9. The van der Waals surface area contributed by atoms with E-state index in [2.05, 4.69) is 4.99 Å². The number of para-hydroxylation sites is 1. The minimum Gasteiger partial charge on any atom is -0.319 e. The first kappa shape index (κ1) is 21.9. The number of fused-ring (bicyclic) bond motifs is 1. The molecule has 2 aromatic carbocycles. The number of thiazole rings is 1. The molecule has 1 aliphatic rings. The lowest BCUT2D eigenvalue weighted by Gasteiger charge is -2.32. The fraction of sp³-hybridized carbons (Fsp3) is 0.391. The maximum Gasteiger partial charge on any atom is 0.279 e. The molecule has 0 unspecified atom stereocenters. The third kappa shape index (κ3) is 4.37. The highest BCUT2D eigenvalue weighted by Gasteiger charge is 2.31. The van der Waals surface area contributed by atoms with Gasteiger partial charge in [0.05, 0.1) is 15.1 Å². The summed E-state index contributed by atoms with van der Waals surface area (Å²) in [7, 11) is -1.71. The fourth-order valence-electron chi connectivity index (χ4n) is 4.24. The molecule has 3 aromatic rings. The van der Waals surface area contributed by atoms with E-state index in [1.807, 2.05) is 42.8 Å². The Balaban J connectivity index is 1.59. The predicted octanol–water partition coefficient (Wildman–Crippen LogP) is 4.32. The van der Waals surface area contributed by atoms with E-state index in [-0.39, 0.29) is 16.8 Å². The van der Waals surface area contributed by atoms with E-state index < -0.39 is 10.0 Å². The summed E-state index contributed by atoms with van der Waals surface area (Å²) in [5, 5.41) is 0. The van der Waals surface area contributed by atoms with Crippen molar-refractivity contribution in [2.75, 3.05) is 6.54 Å². The van der Waals surface area contributed by atoms with Crippen LogP contribution in [-0.2, 0) is 17.1 Å². The topological polar surface area (TPSA) is 71.7 Å². The van der Waals surface area contributed by atoms with Crippen LogP contribution >= 0.6 is 11.3 Å². The standard InChI is InChI=1S/C23H27N3O3S2/c1-3-26(18-9-5-4-6-10-18)31(28,29)19-15-13-17(14-16-19)22(27)24-23-25(2)20-11-7-8-12-21(20)30-23/h7-8,11-16,18H,3-6,9-10H2,1-2H3. The summed E-state index contributed by atoms with van der Waals surface area (Å²) in [5.41, 5.74) is 1.39. The lowest BCUT2D eigenvalue weighted by molar-refractivity contribution is 0.0998. The molecule has 0 radical (unpaired) electrons. The van der Waals surface area contributed by atoms with E-state index in [9.17, 15) is 13.2 Å². The van der Waals surface area contributed by atoms with Gasteiger partial charge in [-0.05, 0) is 49.2 Å². The van der Waals surface area contributed by atoms with Gasteiger partial charge in [-0.25, -0.2) is 8.42 Å². The summed E-state index contributed by atoms with van der Waals surface area (Å²) >= 11 is 1.45. The zero-order valence-corrected chi connectivity index (χ0v) is 19.5. The Morgan fingerprint density at radius 3 is 2.42 bits per heavy atom. The molecule has 6 nitrogen and oxygen atoms in total. The van der Waals surface area contributed by atoms with Crippen molar-refractivity contribution < 1.29 is 13.2 Å². The molecule has 1 aromatic heterocycles. The Labute approximate surface area is 186 Å². The zero-order valence-electron chi connectivity index (χ0n) is 17.8. The van der Waals surface area contributed by atoms with Gasteiger partial charge in [-0.3, -0.25) is 4.79 Å². The number of carbonyl (C=O) groups excluding carboxylic acids is 1. The van der Waals surface area contributed by atoms with Crippen LogP contribution in [0.5, 0.6) is 0 Å². The van der Waals surface area contributed by atoms with Crippen molar-refractivity contribution in [1.82, 2.24) is 8.87 Å². The van der Waals surface area contributed by atoms with E-state index in [0.29, 0.717) is 16.9 Å². The van der Waals surface area contributed by atoms with Gasteiger partial charge in [-0.2, -0.15) is 9.30 Å². The molecule has 31 heavy (non-hydrogen) atoms. The second kappa shape index (κ2) is 9.06. The Hall–Kier alpha value is -2.29. The van der Waals surface area contributed by atoms with Crippen molar-refractivity contribution in [2.24, 2.45) is 12.0 Å². The number of benzene rings is 2. The van der Waals surface area contributed by atoms with E-state index in [1.54, 1.807) is 16.4 Å². The van der Waals surface area contributed by atoms with E-state index >= 15 is 0 Å². The minimum absolute atomic E-state index is 0.0630. The Morgan fingerprint density at radius 1 is 1.10 bits per heavy atom. The molecule has 4 rings (SSSR count). The maximum atomic E-state index is 13.2. The summed E-state index contributed by atoms with van der Waals surface area (Å²) < 4.78 is 31.0. The highest BCUT2D eigenvalue weighted by molar-refractivity contribution is 7.89. The van der Waals surface area contributed by atoms with Crippen LogP contribution in [0.3, 0.4) is 0 Å². The van der Waals surface area contributed by atoms with E-state index in [0.717, 1.165) is 35.9 Å². The van der Waals surface area contributed by atoms with E-state index in [1.165, 1.54) is 29.9 Å². The van der Waals surface area contributed by atoms with E-state index in [4.69, 9.17) is 0 Å². The zero-order chi connectivity index (χ0) is 22.0. The molecular weight excluding hydrogens is 430 g/mol. The van der Waals surface area contributed by atoms with Crippen LogP contribution < -0.4 is 4.80 Å². The van der Waals surface area contributed by atoms with Crippen LogP contribution in [0, 0.1) is 0 Å². The number of aromatic nitrogens is 1. The number of aryl methyl sites for hydroxylation is 1. The van der Waals surface area contributed by atoms with Crippen molar-refractivity contribution in [2.45, 2.75) is 50.0 Å². The smallest absolute Gasteiger partial charge is 0.279 e. The summed E-state index contributed by atoms with van der Waals surface area (Å²) in [4.78, 5) is 17.8. The highest BCUT2D eigenvalue weighted by atomic mass is 32.2. The van der Waals surface area contributed by atoms with Gasteiger partial charge in [0.1, 0.15) is 0 Å². The van der Waals surface area contributed by atoms with Crippen LogP contribution in [0.4, 0.5) is 0 Å². The first-order valence-electron chi connectivity index (χ1n) is 10.7. The Morgan fingerprint density at radius 2 is 1.77 bits per heavy atom. The number of rotatable bonds is 5. The van der Waals surface area contributed by atoms with Crippen LogP contribution in [0.1, 0.15) is 49.4 Å². The minimum atomic E-state index is -3.59. The second-order valence-electron chi connectivity index (χ2n) is 7.85. The van der Waals surface area contributed by atoms with Gasteiger partial charge in [-0.1, -0.05) is 49.7 Å². The molecule has 0 spiro atoms. The monoisotopic (exact) mass is 457 g/mol. The van der Waals surface area contributed by atoms with Crippen LogP contribution in [0.2, 0.25) is 0 Å². The van der Waals surface area contributed by atoms with Crippen molar-refractivity contribution in [3.05, 3.63) is 58.9 Å². The molecule has 1 saturated carbocycles. The average Bonchev–Trinajstić information content (AvgIpc) is 3.10. The summed E-state index contributed by atoms with van der Waals surface area (Å²) in [5.74, 6) is -0.384. The Kier molecular flexibility index (Phi) is 6.41. The quantitative estimate of drug-likeness (QED) is 0.573. The van der Waals surface area contributed by atoms with Gasteiger partial charge in [0.2, 0.25) is 10.0 Å². The molecule has 0 bridgehead atoms. The molecule has 0 N–H and O–H groups in total. The van der Waals surface area contributed by atoms with Crippen molar-refractivity contribution in [3.63, 3.8) is 0 Å². The Bertz CT molecular complexity index is 1250. The van der Waals surface area contributed by atoms with Crippen LogP contribution in [0.15, 0.2) is 58.4 Å². The average molecular weight is 458 g/mol. The molecule has 164 valence electrons. The fourth-order valence-corrected chi connectivity index (χ4v) is 6.95. The van der Waals surface area contributed by atoms with Gasteiger partial charge < -0.3 is 4.57 Å². The van der Waals surface area contributed by atoms with Gasteiger partial charge in [0.25, 0.3) is 5.91 Å². The molecule has 0 saturated heterocycles. The molecule has 0 aliphatic heterocycles. The third-order valence-electron chi connectivity index (χ3n) is 5.91. The van der Waals surface area contributed by atoms with Gasteiger partial charge >= 0.3 is 0 Å². The van der Waals surface area contributed by atoms with Gasteiger partial charge in [0, 0.05) is 25.2 Å². The molecule has 1 aliphatic carbocycles. The predicted molar refractivity (Wildman–Crippen MR) is 124 cm³/mol. The second-order valence-corrected chi connectivity index (χ2v) is 10.8. The normalized spacial score (nSPS) is 16.3. The molecule has 1 fully saturated rings. The summed E-state index contributed by atoms with van der Waals surface area (Å²) in [6.45, 7) is 2.33. The van der Waals surface area contributed by atoms with Gasteiger partial charge in [-0.15, -0.1) is 0 Å². The maximum absolute atomic E-state index is 13.2. The van der Waals surface area contributed by atoms with Crippen molar-refractivity contribution in [1.29, 1.82) is 0 Å². The lowest BCUT2D eigenvalue weighted by atomic mass is 9.95. The highest BCUT2D eigenvalue weighted by Crippen LogP contribution is 2.27. The number of nitrogens with zero attached hydrogens (tertiary/aromatic N) is 3. The lowest BCUT2D eigenvalue weighted by Crippen LogP contribution is -2.41. The molecule has 1 amide bonds. The number of hydrogen-bond acceptors (Lipinski definition) is 4. The van der Waals surface area contributed by atoms with Crippen LogP contribution in [0.25, 0.3) is 10.2 Å². The van der Waals surface area contributed by atoms with Crippen LogP contribution in [-0.4, -0.2) is 35.8 Å². The van der Waals surface area contributed by atoms with Crippen molar-refractivity contribution >= 4 is 37.5 Å². The third-order valence-corrected chi connectivity index (χ3v) is 9.07. The molecule has 0 atom stereocenters. The van der Waals surface area contributed by atoms with Crippen molar-refractivity contribution in [3.8, 4) is 0 Å². The number of sulfonamides is 1. The molecular formula is C23H27N3O3S2. The number of amides is 1. The number of hydrogen-bond donors (Lipinski definition) is 0. The largest absolute Gasteiger partial charge is 0.319 e. The van der Waals surface area contributed by atoms with Gasteiger partial charge in [0.15, 0.2) is 4.80 Å². The first-order chi connectivity index (χ1) is 14.9. The summed E-state index contributed by atoms with van der Waals surface area (Å²) in [6, 6.07) is 14.1. The number of carbonyl (C=O) groups is 1. The molecule has 8 heteroatoms. The SMILES string of the molecule is CCN(C1CCCCC1)S(=O)(=O)c1ccc(C(=O)N=c2sc3ccccc3n2C)cc1. The summed E-state index contributed by atoms with van der Waals surface area (Å²) in [6.07, 6.45) is 5.14.